The highest BCUT2D eigenvalue weighted by atomic mass is 35.5. The molecule has 0 aliphatic heterocycles. The Morgan fingerprint density at radius 2 is 1.62 bits per heavy atom. The Kier molecular flexibility index (Phi) is 11.5. The molecule has 42 heavy (non-hydrogen) atoms. The molecule has 0 aliphatic carbocycles. The van der Waals surface area contributed by atoms with Crippen LogP contribution < -0.4 is 14.4 Å². The third kappa shape index (κ3) is 8.10. The second-order valence-electron chi connectivity index (χ2n) is 9.89. The van der Waals surface area contributed by atoms with Crippen LogP contribution in [-0.2, 0) is 26.2 Å². The maximum Gasteiger partial charge on any atom is 0.264 e. The minimum Gasteiger partial charge on any atom is -0.495 e. The van der Waals surface area contributed by atoms with Crippen molar-refractivity contribution in [3.8, 4) is 5.75 Å². The summed E-state index contributed by atoms with van der Waals surface area (Å²) in [6, 6.07) is 14.5. The molecule has 2 amide bonds. The van der Waals surface area contributed by atoms with Crippen LogP contribution in [0.4, 0.5) is 5.69 Å². The predicted octanol–water partition coefficient (Wildman–Crippen LogP) is 6.49. The maximum atomic E-state index is 14.1. The summed E-state index contributed by atoms with van der Waals surface area (Å²) in [7, 11) is -2.81. The van der Waals surface area contributed by atoms with E-state index >= 15 is 0 Å². The van der Waals surface area contributed by atoms with E-state index in [0.717, 1.165) is 9.87 Å². The highest BCUT2D eigenvalue weighted by Gasteiger charge is 2.33. The fourth-order valence-corrected chi connectivity index (χ4v) is 6.18. The van der Waals surface area contributed by atoms with E-state index in [9.17, 15) is 18.0 Å². The second kappa shape index (κ2) is 14.5. The monoisotopic (exact) mass is 653 g/mol. The summed E-state index contributed by atoms with van der Waals surface area (Å²) in [5.41, 5.74) is 1.56. The summed E-state index contributed by atoms with van der Waals surface area (Å²) in [5, 5.41) is 3.77. The SMILES string of the molecule is CC[C@H](C)NC(=O)[C@@H](C)N(Cc1ccc(Cl)cc1Cl)C(=O)CN(c1ccc(OC)c(Cl)c1)S(=O)(=O)c1ccc(C)cc1. The molecule has 8 nitrogen and oxygen atoms in total. The first-order valence-electron chi connectivity index (χ1n) is 13.2. The molecule has 2 atom stereocenters. The van der Waals surface area contributed by atoms with E-state index < -0.39 is 28.5 Å². The molecule has 3 aromatic carbocycles. The van der Waals surface area contributed by atoms with Gasteiger partial charge in [-0.3, -0.25) is 13.9 Å². The fourth-order valence-electron chi connectivity index (χ4n) is 4.06. The van der Waals surface area contributed by atoms with Gasteiger partial charge in [0.15, 0.2) is 0 Å². The fraction of sp³-hybridized carbons (Fsp3) is 0.333. The van der Waals surface area contributed by atoms with Crippen molar-refractivity contribution in [2.45, 2.75) is 57.6 Å². The van der Waals surface area contributed by atoms with Crippen LogP contribution >= 0.6 is 34.8 Å². The Labute approximate surface area is 262 Å². The number of nitrogens with one attached hydrogen (secondary N) is 1. The van der Waals surface area contributed by atoms with Gasteiger partial charge in [0.25, 0.3) is 10.0 Å². The Morgan fingerprint density at radius 1 is 0.952 bits per heavy atom. The van der Waals surface area contributed by atoms with Crippen molar-refractivity contribution in [1.82, 2.24) is 10.2 Å². The minimum absolute atomic E-state index is 0.0114. The molecule has 3 aromatic rings. The summed E-state index contributed by atoms with van der Waals surface area (Å²) in [4.78, 5) is 28.5. The molecule has 1 N–H and O–H groups in total. The average molecular weight is 655 g/mol. The molecule has 12 heteroatoms. The number of rotatable bonds is 12. The molecule has 0 saturated heterocycles. The van der Waals surface area contributed by atoms with E-state index in [0.29, 0.717) is 27.8 Å². The maximum absolute atomic E-state index is 14.1. The molecule has 0 bridgehead atoms. The Morgan fingerprint density at radius 3 is 2.19 bits per heavy atom. The largest absolute Gasteiger partial charge is 0.495 e. The van der Waals surface area contributed by atoms with Crippen LogP contribution in [0, 0.1) is 6.92 Å². The quantitative estimate of drug-likeness (QED) is 0.241. The number of anilines is 1. The van der Waals surface area contributed by atoms with Crippen LogP contribution in [-0.4, -0.2) is 50.9 Å². The smallest absolute Gasteiger partial charge is 0.264 e. The van der Waals surface area contributed by atoms with Gasteiger partial charge in [-0.1, -0.05) is 65.5 Å². The molecule has 0 spiro atoms. The van der Waals surface area contributed by atoms with E-state index in [1.807, 2.05) is 20.8 Å². The molecule has 0 radical (unpaired) electrons. The number of carbonyl (C=O) groups excluding carboxylic acids is 2. The first-order chi connectivity index (χ1) is 19.8. The highest BCUT2D eigenvalue weighted by Crippen LogP contribution is 2.32. The van der Waals surface area contributed by atoms with Gasteiger partial charge in [-0.25, -0.2) is 8.42 Å². The van der Waals surface area contributed by atoms with Gasteiger partial charge in [-0.05, 0) is 75.2 Å². The molecule has 3 rings (SSSR count). The average Bonchev–Trinajstić information content (AvgIpc) is 2.95. The van der Waals surface area contributed by atoms with Crippen molar-refractivity contribution >= 4 is 62.3 Å². The molecule has 0 saturated carbocycles. The number of carbonyl (C=O) groups is 2. The first kappa shape index (κ1) is 33.5. The lowest BCUT2D eigenvalue weighted by Gasteiger charge is -2.32. The Bertz CT molecular complexity index is 1530. The lowest BCUT2D eigenvalue weighted by Crippen LogP contribution is -2.52. The van der Waals surface area contributed by atoms with Crippen LogP contribution in [0.5, 0.6) is 5.75 Å². The number of ether oxygens (including phenoxy) is 1. The number of hydrogen-bond acceptors (Lipinski definition) is 5. The summed E-state index contributed by atoms with van der Waals surface area (Å²) < 4.78 is 34.1. The number of aryl methyl sites for hydroxylation is 1. The van der Waals surface area contributed by atoms with Gasteiger partial charge >= 0.3 is 0 Å². The lowest BCUT2D eigenvalue weighted by molar-refractivity contribution is -0.139. The van der Waals surface area contributed by atoms with Gasteiger partial charge < -0.3 is 15.0 Å². The number of methoxy groups -OCH3 is 1. The molecule has 0 fully saturated rings. The van der Waals surface area contributed by atoms with Crippen LogP contribution in [0.2, 0.25) is 15.1 Å². The zero-order valence-electron chi connectivity index (χ0n) is 24.0. The standard InChI is InChI=1S/C30H34Cl3N3O5S/c1-6-20(3)34-30(38)21(4)35(17-22-9-10-23(31)15-26(22)32)29(37)18-36(24-11-14-28(41-5)27(33)16-24)42(39,40)25-12-7-19(2)8-13-25/h7-16,20-21H,6,17-18H2,1-5H3,(H,34,38)/t20-,21+/m0/s1. The van der Waals surface area contributed by atoms with Crippen molar-refractivity contribution in [3.05, 3.63) is 86.9 Å². The van der Waals surface area contributed by atoms with Crippen molar-refractivity contribution in [1.29, 1.82) is 0 Å². The van der Waals surface area contributed by atoms with Crippen LogP contribution in [0.1, 0.15) is 38.3 Å². The van der Waals surface area contributed by atoms with Crippen LogP contribution in [0.15, 0.2) is 65.6 Å². The number of sulfonamides is 1. The van der Waals surface area contributed by atoms with Gasteiger partial charge in [0, 0.05) is 22.6 Å². The van der Waals surface area contributed by atoms with E-state index in [4.69, 9.17) is 39.5 Å². The molecular formula is C30H34Cl3N3O5S. The molecular weight excluding hydrogens is 621 g/mol. The van der Waals surface area contributed by atoms with Gasteiger partial charge in [-0.2, -0.15) is 0 Å². The lowest BCUT2D eigenvalue weighted by atomic mass is 10.1. The van der Waals surface area contributed by atoms with Gasteiger partial charge in [-0.15, -0.1) is 0 Å². The number of benzene rings is 3. The van der Waals surface area contributed by atoms with E-state index in [1.54, 1.807) is 37.3 Å². The number of amides is 2. The third-order valence-corrected chi connectivity index (χ3v) is 9.51. The van der Waals surface area contributed by atoms with Gasteiger partial charge in [0.05, 0.1) is 22.7 Å². The van der Waals surface area contributed by atoms with E-state index in [-0.39, 0.29) is 34.1 Å². The summed E-state index contributed by atoms with van der Waals surface area (Å²) >= 11 is 18.9. The molecule has 0 unspecified atom stereocenters. The van der Waals surface area contributed by atoms with Crippen LogP contribution in [0.3, 0.4) is 0 Å². The zero-order valence-corrected chi connectivity index (χ0v) is 27.1. The van der Waals surface area contributed by atoms with Crippen molar-refractivity contribution in [2.24, 2.45) is 0 Å². The molecule has 0 aromatic heterocycles. The van der Waals surface area contributed by atoms with Crippen molar-refractivity contribution in [2.75, 3.05) is 18.0 Å². The Balaban J connectivity index is 2.08. The summed E-state index contributed by atoms with van der Waals surface area (Å²) in [5.74, 6) is -0.674. The number of halogens is 3. The minimum atomic E-state index is -4.25. The third-order valence-electron chi connectivity index (χ3n) is 6.84. The van der Waals surface area contributed by atoms with Gasteiger partial charge in [0.2, 0.25) is 11.8 Å². The van der Waals surface area contributed by atoms with E-state index in [2.05, 4.69) is 5.32 Å². The highest BCUT2D eigenvalue weighted by molar-refractivity contribution is 7.92. The second-order valence-corrected chi connectivity index (χ2v) is 13.0. The predicted molar refractivity (Wildman–Crippen MR) is 168 cm³/mol. The van der Waals surface area contributed by atoms with Gasteiger partial charge in [0.1, 0.15) is 18.3 Å². The van der Waals surface area contributed by atoms with E-state index in [1.165, 1.54) is 42.3 Å². The number of nitrogens with zero attached hydrogens (tertiary/aromatic N) is 2. The first-order valence-corrected chi connectivity index (χ1v) is 15.8. The molecule has 226 valence electrons. The zero-order chi connectivity index (χ0) is 31.2. The van der Waals surface area contributed by atoms with Crippen LogP contribution in [0.25, 0.3) is 0 Å². The van der Waals surface area contributed by atoms with Crippen molar-refractivity contribution in [3.63, 3.8) is 0 Å². The number of hydrogen-bond donors (Lipinski definition) is 1. The normalized spacial score (nSPS) is 12.8. The van der Waals surface area contributed by atoms with Crippen molar-refractivity contribution < 1.29 is 22.7 Å². The Hall–Kier alpha value is -2.98. The summed E-state index contributed by atoms with van der Waals surface area (Å²) in [6.07, 6.45) is 0.691. The molecule has 0 aliphatic rings. The molecule has 0 heterocycles. The summed E-state index contributed by atoms with van der Waals surface area (Å²) in [6.45, 7) is 6.53. The topological polar surface area (TPSA) is 96.0 Å².